The summed E-state index contributed by atoms with van der Waals surface area (Å²) in [6.07, 6.45) is 0. The average molecular weight is 249 g/mol. The smallest absolute Gasteiger partial charge is 0.170 e. The molecule has 0 aliphatic carbocycles. The Morgan fingerprint density at radius 1 is 1.44 bits per heavy atom. The van der Waals surface area contributed by atoms with Crippen molar-refractivity contribution < 1.29 is 9.13 Å². The van der Waals surface area contributed by atoms with Crippen LogP contribution in [0.25, 0.3) is 0 Å². The number of methoxy groups -OCH3 is 1. The predicted octanol–water partition coefficient (Wildman–Crippen LogP) is 1.92. The van der Waals surface area contributed by atoms with Crippen molar-refractivity contribution >= 4 is 0 Å². The third-order valence-electron chi connectivity index (χ3n) is 2.90. The first kappa shape index (κ1) is 12.6. The van der Waals surface area contributed by atoms with Crippen molar-refractivity contribution in [3.8, 4) is 5.75 Å². The van der Waals surface area contributed by atoms with E-state index in [2.05, 4.69) is 5.10 Å². The fourth-order valence-corrected chi connectivity index (χ4v) is 2.01. The van der Waals surface area contributed by atoms with Gasteiger partial charge in [0, 0.05) is 12.6 Å². The van der Waals surface area contributed by atoms with E-state index < -0.39 is 11.9 Å². The zero-order chi connectivity index (χ0) is 13.3. The molecule has 0 saturated heterocycles. The van der Waals surface area contributed by atoms with Crippen LogP contribution in [0.15, 0.2) is 24.3 Å². The predicted molar refractivity (Wildman–Crippen MR) is 66.9 cm³/mol. The summed E-state index contributed by atoms with van der Waals surface area (Å²) in [5, 5.41) is 4.21. The van der Waals surface area contributed by atoms with Crippen LogP contribution in [-0.4, -0.2) is 16.9 Å². The van der Waals surface area contributed by atoms with Crippen molar-refractivity contribution in [1.29, 1.82) is 0 Å². The second-order valence-electron chi connectivity index (χ2n) is 4.18. The van der Waals surface area contributed by atoms with Gasteiger partial charge in [0.2, 0.25) is 0 Å². The molecular weight excluding hydrogens is 233 g/mol. The monoisotopic (exact) mass is 249 g/mol. The molecule has 0 bridgehead atoms. The molecule has 0 amide bonds. The summed E-state index contributed by atoms with van der Waals surface area (Å²) in [7, 11) is 3.22. The SMILES string of the molecule is COc1cccc(C(N)c2cc(C)nn2C)c1F. The van der Waals surface area contributed by atoms with Crippen molar-refractivity contribution in [2.24, 2.45) is 12.8 Å². The Morgan fingerprint density at radius 2 is 2.17 bits per heavy atom. The van der Waals surface area contributed by atoms with Crippen LogP contribution in [0.2, 0.25) is 0 Å². The lowest BCUT2D eigenvalue weighted by atomic mass is 10.0. The lowest BCUT2D eigenvalue weighted by Gasteiger charge is -2.14. The topological polar surface area (TPSA) is 53.1 Å². The Balaban J connectivity index is 2.46. The number of hydrogen-bond acceptors (Lipinski definition) is 3. The molecule has 96 valence electrons. The lowest BCUT2D eigenvalue weighted by Crippen LogP contribution is -2.17. The summed E-state index contributed by atoms with van der Waals surface area (Å²) >= 11 is 0. The Bertz CT molecular complexity index is 565. The average Bonchev–Trinajstić information content (AvgIpc) is 2.68. The van der Waals surface area contributed by atoms with Gasteiger partial charge in [0.1, 0.15) is 0 Å². The van der Waals surface area contributed by atoms with Crippen LogP contribution in [-0.2, 0) is 7.05 Å². The Labute approximate surface area is 105 Å². The van der Waals surface area contributed by atoms with E-state index in [-0.39, 0.29) is 5.75 Å². The summed E-state index contributed by atoms with van der Waals surface area (Å²) < 4.78 is 20.7. The number of aromatic nitrogens is 2. The van der Waals surface area contributed by atoms with Crippen LogP contribution in [0.1, 0.15) is 23.0 Å². The fraction of sp³-hybridized carbons (Fsp3) is 0.308. The van der Waals surface area contributed by atoms with Crippen LogP contribution in [0.5, 0.6) is 5.75 Å². The van der Waals surface area contributed by atoms with Gasteiger partial charge in [0.25, 0.3) is 0 Å². The second-order valence-corrected chi connectivity index (χ2v) is 4.18. The number of ether oxygens (including phenoxy) is 1. The van der Waals surface area contributed by atoms with Crippen molar-refractivity contribution in [3.63, 3.8) is 0 Å². The summed E-state index contributed by atoms with van der Waals surface area (Å²) in [4.78, 5) is 0. The van der Waals surface area contributed by atoms with Crippen LogP contribution >= 0.6 is 0 Å². The largest absolute Gasteiger partial charge is 0.494 e. The molecular formula is C13H16FN3O. The minimum atomic E-state index is -0.564. The first-order chi connectivity index (χ1) is 8.54. The van der Waals surface area contributed by atoms with Gasteiger partial charge in [-0.05, 0) is 19.1 Å². The quantitative estimate of drug-likeness (QED) is 0.904. The van der Waals surface area contributed by atoms with Crippen molar-refractivity contribution in [3.05, 3.63) is 47.0 Å². The molecule has 1 aromatic carbocycles. The van der Waals surface area contributed by atoms with Gasteiger partial charge >= 0.3 is 0 Å². The van der Waals surface area contributed by atoms with Gasteiger partial charge in [-0.2, -0.15) is 5.10 Å². The highest BCUT2D eigenvalue weighted by Crippen LogP contribution is 2.27. The third-order valence-corrected chi connectivity index (χ3v) is 2.90. The molecule has 0 fully saturated rings. The molecule has 2 aromatic rings. The van der Waals surface area contributed by atoms with Crippen LogP contribution in [0, 0.1) is 12.7 Å². The number of benzene rings is 1. The Hall–Kier alpha value is -1.88. The molecule has 1 unspecified atom stereocenters. The fourth-order valence-electron chi connectivity index (χ4n) is 2.01. The van der Waals surface area contributed by atoms with Crippen LogP contribution in [0.4, 0.5) is 4.39 Å². The summed E-state index contributed by atoms with van der Waals surface area (Å²) in [6.45, 7) is 1.87. The second kappa shape index (κ2) is 4.78. The van der Waals surface area contributed by atoms with E-state index in [0.717, 1.165) is 11.4 Å². The molecule has 4 nitrogen and oxygen atoms in total. The Morgan fingerprint density at radius 3 is 2.72 bits per heavy atom. The van der Waals surface area contributed by atoms with E-state index in [1.807, 2.05) is 13.0 Å². The first-order valence-electron chi connectivity index (χ1n) is 5.63. The highest BCUT2D eigenvalue weighted by atomic mass is 19.1. The molecule has 0 spiro atoms. The number of halogens is 1. The molecule has 1 aromatic heterocycles. The van der Waals surface area contributed by atoms with E-state index in [1.165, 1.54) is 7.11 Å². The van der Waals surface area contributed by atoms with Crippen molar-refractivity contribution in [1.82, 2.24) is 9.78 Å². The molecule has 1 heterocycles. The number of rotatable bonds is 3. The van der Waals surface area contributed by atoms with Crippen molar-refractivity contribution in [2.75, 3.05) is 7.11 Å². The zero-order valence-corrected chi connectivity index (χ0v) is 10.6. The lowest BCUT2D eigenvalue weighted by molar-refractivity contribution is 0.383. The molecule has 0 aliphatic heterocycles. The summed E-state index contributed by atoms with van der Waals surface area (Å²) in [6, 6.07) is 6.24. The number of hydrogen-bond donors (Lipinski definition) is 1. The molecule has 2 rings (SSSR count). The highest BCUT2D eigenvalue weighted by Gasteiger charge is 2.19. The Kier molecular flexibility index (Phi) is 3.34. The number of aryl methyl sites for hydroxylation is 2. The summed E-state index contributed by atoms with van der Waals surface area (Å²) in [5.41, 5.74) is 8.12. The van der Waals surface area contributed by atoms with Gasteiger partial charge in [-0.3, -0.25) is 4.68 Å². The maximum absolute atomic E-state index is 14.1. The molecule has 5 heteroatoms. The molecule has 2 N–H and O–H groups in total. The minimum absolute atomic E-state index is 0.196. The van der Waals surface area contributed by atoms with E-state index in [4.69, 9.17) is 10.5 Å². The number of nitrogens with two attached hydrogens (primary N) is 1. The van der Waals surface area contributed by atoms with Gasteiger partial charge in [-0.1, -0.05) is 12.1 Å². The van der Waals surface area contributed by atoms with E-state index in [1.54, 1.807) is 29.9 Å². The maximum Gasteiger partial charge on any atom is 0.170 e. The molecule has 0 aliphatic rings. The van der Waals surface area contributed by atoms with Gasteiger partial charge in [-0.25, -0.2) is 4.39 Å². The van der Waals surface area contributed by atoms with E-state index in [9.17, 15) is 4.39 Å². The van der Waals surface area contributed by atoms with Crippen LogP contribution < -0.4 is 10.5 Å². The van der Waals surface area contributed by atoms with Gasteiger partial charge in [0.15, 0.2) is 11.6 Å². The zero-order valence-electron chi connectivity index (χ0n) is 10.6. The maximum atomic E-state index is 14.1. The standard InChI is InChI=1S/C13H16FN3O/c1-8-7-10(17(2)16-8)13(15)9-5-4-6-11(18-3)12(9)14/h4-7,13H,15H2,1-3H3. The molecule has 0 radical (unpaired) electrons. The van der Waals surface area contributed by atoms with Crippen LogP contribution in [0.3, 0.4) is 0 Å². The molecule has 18 heavy (non-hydrogen) atoms. The van der Waals surface area contributed by atoms with Crippen molar-refractivity contribution in [2.45, 2.75) is 13.0 Å². The first-order valence-corrected chi connectivity index (χ1v) is 5.63. The van der Waals surface area contributed by atoms with E-state index >= 15 is 0 Å². The van der Waals surface area contributed by atoms with Gasteiger partial charge in [0.05, 0.1) is 24.5 Å². The third kappa shape index (κ3) is 2.09. The summed E-state index contributed by atoms with van der Waals surface area (Å²) in [5.74, 6) is -0.229. The minimum Gasteiger partial charge on any atom is -0.494 e. The molecule has 0 saturated carbocycles. The van der Waals surface area contributed by atoms with Gasteiger partial charge < -0.3 is 10.5 Å². The normalized spacial score (nSPS) is 12.5. The highest BCUT2D eigenvalue weighted by molar-refractivity contribution is 5.36. The number of nitrogens with zero attached hydrogens (tertiary/aromatic N) is 2. The molecule has 1 atom stereocenters. The van der Waals surface area contributed by atoms with Gasteiger partial charge in [-0.15, -0.1) is 0 Å². The van der Waals surface area contributed by atoms with E-state index in [0.29, 0.717) is 5.56 Å².